The fraction of sp³-hybridized carbons (Fsp3) is 0.393. The van der Waals surface area contributed by atoms with Crippen LogP contribution in [0.2, 0.25) is 0 Å². The Labute approximate surface area is 200 Å². The van der Waals surface area contributed by atoms with E-state index in [-0.39, 0.29) is 17.6 Å². The Morgan fingerprint density at radius 1 is 1.09 bits per heavy atom. The maximum Gasteiger partial charge on any atom is 0.318 e. The molecule has 3 atom stereocenters. The van der Waals surface area contributed by atoms with E-state index in [1.807, 2.05) is 54.6 Å². The van der Waals surface area contributed by atoms with Crippen molar-refractivity contribution in [1.29, 1.82) is 0 Å². The van der Waals surface area contributed by atoms with Crippen molar-refractivity contribution in [1.82, 2.24) is 10.3 Å². The predicted molar refractivity (Wildman–Crippen MR) is 131 cm³/mol. The Kier molecular flexibility index (Phi) is 7.46. The number of Topliss-reactive ketones (excluding diaryl/α,β-unsaturated/α-hetero) is 1. The maximum absolute atomic E-state index is 13.5. The van der Waals surface area contributed by atoms with Crippen LogP contribution in [0.15, 0.2) is 54.6 Å². The van der Waals surface area contributed by atoms with Gasteiger partial charge in [0.1, 0.15) is 5.92 Å². The smallest absolute Gasteiger partial charge is 0.318 e. The van der Waals surface area contributed by atoms with E-state index in [0.29, 0.717) is 25.8 Å². The summed E-state index contributed by atoms with van der Waals surface area (Å²) in [4.78, 5) is 41.6. The fourth-order valence-electron chi connectivity index (χ4n) is 4.99. The van der Waals surface area contributed by atoms with Gasteiger partial charge in [-0.25, -0.2) is 0 Å². The normalized spacial score (nSPS) is 18.8. The van der Waals surface area contributed by atoms with Crippen molar-refractivity contribution in [2.75, 3.05) is 6.54 Å². The largest absolute Gasteiger partial charge is 0.453 e. The highest BCUT2D eigenvalue weighted by Gasteiger charge is 2.48. The van der Waals surface area contributed by atoms with Crippen molar-refractivity contribution in [2.24, 2.45) is 5.92 Å². The molecule has 1 aliphatic rings. The second kappa shape index (κ2) is 10.7. The van der Waals surface area contributed by atoms with Crippen LogP contribution in [0, 0.1) is 5.92 Å². The second-order valence-corrected chi connectivity index (χ2v) is 9.04. The number of unbranched alkanes of at least 4 members (excludes halogenated alkanes) is 1. The fourth-order valence-corrected chi connectivity index (χ4v) is 4.99. The van der Waals surface area contributed by atoms with Crippen LogP contribution < -0.4 is 5.32 Å². The van der Waals surface area contributed by atoms with Gasteiger partial charge in [0.2, 0.25) is 5.91 Å². The van der Waals surface area contributed by atoms with E-state index in [4.69, 9.17) is 4.74 Å². The average Bonchev–Trinajstić information content (AvgIpc) is 3.32. The number of fused-ring (bicyclic) bond motifs is 1. The standard InChI is InChI=1S/C28H32N2O4/c1-3-4-12-22(25-27(32)24(34-28(25)33)17-19-10-6-5-7-11-19)26-21(15-16-29-18(2)31)20-13-8-9-14-23(20)30-26/h5-11,13-14,22,24-25,30H,3-4,12,15-17H2,1-2H3,(H,29,31). The maximum atomic E-state index is 13.5. The van der Waals surface area contributed by atoms with Crippen molar-refractivity contribution < 1.29 is 19.1 Å². The van der Waals surface area contributed by atoms with Gasteiger partial charge in [0.25, 0.3) is 0 Å². The van der Waals surface area contributed by atoms with Gasteiger partial charge in [0.15, 0.2) is 11.9 Å². The summed E-state index contributed by atoms with van der Waals surface area (Å²) in [6.07, 6.45) is 2.82. The topological polar surface area (TPSA) is 88.3 Å². The highest BCUT2D eigenvalue weighted by atomic mass is 16.6. The number of esters is 1. The zero-order valence-corrected chi connectivity index (χ0v) is 19.8. The number of ketones is 1. The summed E-state index contributed by atoms with van der Waals surface area (Å²) in [6, 6.07) is 17.6. The van der Waals surface area contributed by atoms with Crippen molar-refractivity contribution >= 4 is 28.6 Å². The molecule has 0 saturated carbocycles. The Hall–Kier alpha value is -3.41. The SMILES string of the molecule is CCCCC(c1[nH]c2ccccc2c1CCNC(C)=O)C1C(=O)OC(Cc2ccccc2)C1=O. The molecule has 2 aromatic carbocycles. The van der Waals surface area contributed by atoms with Crippen LogP contribution in [0.25, 0.3) is 10.9 Å². The van der Waals surface area contributed by atoms with Gasteiger partial charge >= 0.3 is 5.97 Å². The van der Waals surface area contributed by atoms with Crippen molar-refractivity contribution in [3.63, 3.8) is 0 Å². The minimum absolute atomic E-state index is 0.0813. The van der Waals surface area contributed by atoms with E-state index in [2.05, 4.69) is 17.2 Å². The first-order valence-electron chi connectivity index (χ1n) is 12.1. The summed E-state index contributed by atoms with van der Waals surface area (Å²) in [5, 5.41) is 3.93. The molecule has 1 saturated heterocycles. The van der Waals surface area contributed by atoms with Crippen LogP contribution in [0.1, 0.15) is 55.8 Å². The monoisotopic (exact) mass is 460 g/mol. The zero-order valence-electron chi connectivity index (χ0n) is 19.8. The summed E-state index contributed by atoms with van der Waals surface area (Å²) in [5.41, 5.74) is 3.91. The summed E-state index contributed by atoms with van der Waals surface area (Å²) in [7, 11) is 0. The van der Waals surface area contributed by atoms with Gasteiger partial charge in [0, 0.05) is 42.4 Å². The molecular weight excluding hydrogens is 428 g/mol. The van der Waals surface area contributed by atoms with E-state index in [1.54, 1.807) is 0 Å². The molecule has 3 unspecified atom stereocenters. The number of rotatable bonds is 10. The van der Waals surface area contributed by atoms with Gasteiger partial charge < -0.3 is 15.0 Å². The van der Waals surface area contributed by atoms with E-state index in [9.17, 15) is 14.4 Å². The third kappa shape index (κ3) is 5.06. The molecule has 0 bridgehead atoms. The van der Waals surface area contributed by atoms with Gasteiger partial charge in [-0.1, -0.05) is 68.3 Å². The van der Waals surface area contributed by atoms with Crippen LogP contribution >= 0.6 is 0 Å². The number of cyclic esters (lactones) is 1. The highest BCUT2D eigenvalue weighted by molar-refractivity contribution is 6.07. The number of amides is 1. The van der Waals surface area contributed by atoms with Gasteiger partial charge in [-0.3, -0.25) is 14.4 Å². The van der Waals surface area contributed by atoms with Crippen molar-refractivity contribution in [2.45, 2.75) is 58.0 Å². The molecule has 1 fully saturated rings. The summed E-state index contributed by atoms with van der Waals surface area (Å²) in [6.45, 7) is 4.09. The third-order valence-corrected chi connectivity index (χ3v) is 6.64. The van der Waals surface area contributed by atoms with Gasteiger partial charge in [-0.15, -0.1) is 0 Å². The number of carbonyl (C=O) groups excluding carboxylic acids is 3. The first kappa shape index (κ1) is 23.7. The molecular formula is C28H32N2O4. The lowest BCUT2D eigenvalue weighted by Crippen LogP contribution is -2.29. The molecule has 2 N–H and O–H groups in total. The van der Waals surface area contributed by atoms with Crippen molar-refractivity contribution in [3.05, 3.63) is 71.4 Å². The first-order valence-corrected chi connectivity index (χ1v) is 12.1. The first-order chi connectivity index (χ1) is 16.5. The molecule has 6 nitrogen and oxygen atoms in total. The quantitative estimate of drug-likeness (QED) is 0.345. The lowest BCUT2D eigenvalue weighted by molar-refractivity contribution is -0.145. The Bertz CT molecular complexity index is 1170. The molecule has 2 heterocycles. The molecule has 0 radical (unpaired) electrons. The number of ether oxygens (including phenoxy) is 1. The van der Waals surface area contributed by atoms with Crippen LogP contribution in [-0.4, -0.2) is 35.3 Å². The lowest BCUT2D eigenvalue weighted by Gasteiger charge is -2.21. The second-order valence-electron chi connectivity index (χ2n) is 9.04. The molecule has 3 aromatic rings. The van der Waals surface area contributed by atoms with E-state index in [1.165, 1.54) is 6.92 Å². The third-order valence-electron chi connectivity index (χ3n) is 6.64. The number of hydrogen-bond acceptors (Lipinski definition) is 4. The summed E-state index contributed by atoms with van der Waals surface area (Å²) < 4.78 is 5.64. The van der Waals surface area contributed by atoms with Crippen LogP contribution in [0.5, 0.6) is 0 Å². The summed E-state index contributed by atoms with van der Waals surface area (Å²) in [5.74, 6) is -1.77. The molecule has 0 aliphatic carbocycles. The predicted octanol–water partition coefficient (Wildman–Crippen LogP) is 4.47. The van der Waals surface area contributed by atoms with E-state index in [0.717, 1.165) is 40.6 Å². The van der Waals surface area contributed by atoms with Gasteiger partial charge in [-0.05, 0) is 30.0 Å². The van der Waals surface area contributed by atoms with E-state index < -0.39 is 18.0 Å². The van der Waals surface area contributed by atoms with Crippen LogP contribution in [-0.2, 0) is 32.0 Å². The molecule has 6 heteroatoms. The lowest BCUT2D eigenvalue weighted by atomic mass is 9.80. The molecule has 0 spiro atoms. The van der Waals surface area contributed by atoms with Gasteiger partial charge in [0.05, 0.1) is 0 Å². The number of aromatic amines is 1. The Balaban J connectivity index is 1.68. The minimum atomic E-state index is -0.826. The number of nitrogens with one attached hydrogen (secondary N) is 2. The van der Waals surface area contributed by atoms with Crippen LogP contribution in [0.3, 0.4) is 0 Å². The van der Waals surface area contributed by atoms with Crippen LogP contribution in [0.4, 0.5) is 0 Å². The molecule has 178 valence electrons. The van der Waals surface area contributed by atoms with Gasteiger partial charge in [-0.2, -0.15) is 0 Å². The number of benzene rings is 2. The number of aromatic nitrogens is 1. The average molecular weight is 461 g/mol. The molecule has 34 heavy (non-hydrogen) atoms. The molecule has 4 rings (SSSR count). The molecule has 1 aromatic heterocycles. The molecule has 1 amide bonds. The molecule has 1 aliphatic heterocycles. The number of para-hydroxylation sites is 1. The Morgan fingerprint density at radius 2 is 1.82 bits per heavy atom. The highest BCUT2D eigenvalue weighted by Crippen LogP contribution is 2.40. The Morgan fingerprint density at radius 3 is 2.56 bits per heavy atom. The zero-order chi connectivity index (χ0) is 24.1. The van der Waals surface area contributed by atoms with E-state index >= 15 is 0 Å². The number of hydrogen-bond donors (Lipinski definition) is 2. The summed E-state index contributed by atoms with van der Waals surface area (Å²) >= 11 is 0. The number of H-pyrrole nitrogens is 1. The van der Waals surface area contributed by atoms with Crippen molar-refractivity contribution in [3.8, 4) is 0 Å². The minimum Gasteiger partial charge on any atom is -0.453 e. The number of carbonyl (C=O) groups is 3.